The van der Waals surface area contributed by atoms with E-state index in [4.69, 9.17) is 0 Å². The van der Waals surface area contributed by atoms with Gasteiger partial charge < -0.3 is 5.32 Å². The van der Waals surface area contributed by atoms with Crippen LogP contribution in [0.1, 0.15) is 44.7 Å². The van der Waals surface area contributed by atoms with Crippen molar-refractivity contribution in [3.63, 3.8) is 0 Å². The molecule has 4 nitrogen and oxygen atoms in total. The molecule has 0 fully saturated rings. The Bertz CT molecular complexity index is 515. The van der Waals surface area contributed by atoms with Crippen molar-refractivity contribution in [2.24, 2.45) is 0 Å². The minimum Gasteiger partial charge on any atom is -0.313 e. The highest BCUT2D eigenvalue weighted by Crippen LogP contribution is 2.13. The van der Waals surface area contributed by atoms with Gasteiger partial charge in [-0.15, -0.1) is 0 Å². The van der Waals surface area contributed by atoms with Gasteiger partial charge in [-0.2, -0.15) is 0 Å². The predicted molar refractivity (Wildman–Crippen MR) is 88.6 cm³/mol. The first-order chi connectivity index (χ1) is 10.0. The van der Waals surface area contributed by atoms with E-state index in [0.29, 0.717) is 13.1 Å². The van der Waals surface area contributed by atoms with Crippen molar-refractivity contribution in [1.29, 1.82) is 0 Å². The fraction of sp³-hybridized carbons (Fsp3) is 0.625. The lowest BCUT2D eigenvalue weighted by molar-refractivity contribution is 0.418. The van der Waals surface area contributed by atoms with Crippen molar-refractivity contribution >= 4 is 10.0 Å². The molecule has 0 radical (unpaired) electrons. The average Bonchev–Trinajstić information content (AvgIpc) is 2.45. The third-order valence-electron chi connectivity index (χ3n) is 3.43. The number of rotatable bonds is 10. The third-order valence-corrected chi connectivity index (χ3v) is 5.35. The summed E-state index contributed by atoms with van der Waals surface area (Å²) in [6.07, 6.45) is 1.91. The number of hydrogen-bond acceptors (Lipinski definition) is 3. The van der Waals surface area contributed by atoms with Crippen LogP contribution in [0.5, 0.6) is 0 Å². The van der Waals surface area contributed by atoms with Crippen molar-refractivity contribution in [3.05, 3.63) is 35.4 Å². The molecule has 21 heavy (non-hydrogen) atoms. The summed E-state index contributed by atoms with van der Waals surface area (Å²) < 4.78 is 26.5. The van der Waals surface area contributed by atoms with Gasteiger partial charge in [0.1, 0.15) is 0 Å². The summed E-state index contributed by atoms with van der Waals surface area (Å²) in [7, 11) is -3.22. The van der Waals surface area contributed by atoms with Gasteiger partial charge in [0.05, 0.1) is 5.75 Å². The molecule has 0 saturated carbocycles. The van der Waals surface area contributed by atoms with E-state index in [-0.39, 0.29) is 5.75 Å². The maximum atomic E-state index is 12.5. The van der Waals surface area contributed by atoms with E-state index < -0.39 is 10.0 Å². The van der Waals surface area contributed by atoms with Crippen LogP contribution in [-0.4, -0.2) is 32.4 Å². The molecule has 0 spiro atoms. The molecule has 0 unspecified atom stereocenters. The summed E-state index contributed by atoms with van der Waals surface area (Å²) in [5, 5.41) is 3.26. The number of nitrogens with zero attached hydrogens (tertiary/aromatic N) is 1. The zero-order valence-corrected chi connectivity index (χ0v) is 14.2. The Labute approximate surface area is 129 Å². The molecule has 0 bridgehead atoms. The Hall–Kier alpha value is -0.910. The van der Waals surface area contributed by atoms with Crippen molar-refractivity contribution in [2.75, 3.05) is 19.6 Å². The van der Waals surface area contributed by atoms with Crippen LogP contribution in [0.4, 0.5) is 0 Å². The molecule has 1 aromatic carbocycles. The minimum absolute atomic E-state index is 0.0878. The van der Waals surface area contributed by atoms with Crippen LogP contribution < -0.4 is 5.32 Å². The van der Waals surface area contributed by atoms with Crippen LogP contribution in [0.15, 0.2) is 24.3 Å². The average molecular weight is 312 g/mol. The lowest BCUT2D eigenvalue weighted by Gasteiger charge is -2.20. The molecule has 0 aliphatic carbocycles. The molecule has 0 atom stereocenters. The first-order valence-electron chi connectivity index (χ1n) is 7.79. The minimum atomic E-state index is -3.22. The van der Waals surface area contributed by atoms with E-state index in [1.165, 1.54) is 0 Å². The van der Waals surface area contributed by atoms with Gasteiger partial charge in [0, 0.05) is 19.6 Å². The molecule has 120 valence electrons. The highest BCUT2D eigenvalue weighted by Gasteiger charge is 2.20. The van der Waals surface area contributed by atoms with Gasteiger partial charge in [-0.3, -0.25) is 0 Å². The van der Waals surface area contributed by atoms with Crippen molar-refractivity contribution in [1.82, 2.24) is 9.62 Å². The van der Waals surface area contributed by atoms with E-state index in [2.05, 4.69) is 19.2 Å². The molecule has 1 aromatic rings. The number of unbranched alkanes of at least 4 members (excludes halogenated alkanes) is 1. The van der Waals surface area contributed by atoms with Gasteiger partial charge in [0.2, 0.25) is 10.0 Å². The molecule has 0 heterocycles. The Morgan fingerprint density at radius 1 is 1.14 bits per heavy atom. The summed E-state index contributed by atoms with van der Waals surface area (Å²) in [4.78, 5) is 0. The fourth-order valence-corrected chi connectivity index (χ4v) is 3.81. The van der Waals surface area contributed by atoms with Gasteiger partial charge >= 0.3 is 0 Å². The smallest absolute Gasteiger partial charge is 0.218 e. The molecule has 5 heteroatoms. The van der Waals surface area contributed by atoms with Crippen LogP contribution in [0.2, 0.25) is 0 Å². The Morgan fingerprint density at radius 3 is 2.48 bits per heavy atom. The normalized spacial score (nSPS) is 12.0. The van der Waals surface area contributed by atoms with Crippen LogP contribution in [-0.2, 0) is 22.3 Å². The number of nitrogens with one attached hydrogen (secondary N) is 1. The second-order valence-electron chi connectivity index (χ2n) is 5.20. The summed E-state index contributed by atoms with van der Waals surface area (Å²) in [5.41, 5.74) is 1.99. The maximum absolute atomic E-state index is 12.5. The standard InChI is InChI=1S/C16H28N2O2S/c1-4-7-11-18(6-3)21(19,20)14-16-10-8-9-15(12-16)13-17-5-2/h8-10,12,17H,4-7,11,13-14H2,1-3H3. The third kappa shape index (κ3) is 6.16. The largest absolute Gasteiger partial charge is 0.313 e. The molecule has 0 saturated heterocycles. The van der Waals surface area contributed by atoms with Crippen LogP contribution >= 0.6 is 0 Å². The Morgan fingerprint density at radius 2 is 1.86 bits per heavy atom. The Kier molecular flexibility index (Phi) is 7.93. The van der Waals surface area contributed by atoms with E-state index in [9.17, 15) is 8.42 Å². The number of hydrogen-bond donors (Lipinski definition) is 1. The molecule has 1 N–H and O–H groups in total. The second kappa shape index (κ2) is 9.18. The second-order valence-corrected chi connectivity index (χ2v) is 7.17. The van der Waals surface area contributed by atoms with Crippen molar-refractivity contribution in [2.45, 2.75) is 45.9 Å². The van der Waals surface area contributed by atoms with Gasteiger partial charge in [0.15, 0.2) is 0 Å². The monoisotopic (exact) mass is 312 g/mol. The Balaban J connectivity index is 2.77. The first kappa shape index (κ1) is 18.1. The summed E-state index contributed by atoms with van der Waals surface area (Å²) in [6, 6.07) is 7.82. The van der Waals surface area contributed by atoms with Gasteiger partial charge in [-0.05, 0) is 24.1 Å². The molecule has 0 amide bonds. The molecule has 0 aromatic heterocycles. The molecule has 1 rings (SSSR count). The van der Waals surface area contributed by atoms with Gasteiger partial charge in [-0.25, -0.2) is 12.7 Å². The van der Waals surface area contributed by atoms with E-state index in [1.807, 2.05) is 31.2 Å². The van der Waals surface area contributed by atoms with E-state index in [0.717, 1.165) is 37.1 Å². The lowest BCUT2D eigenvalue weighted by atomic mass is 10.1. The predicted octanol–water partition coefficient (Wildman–Crippen LogP) is 2.75. The van der Waals surface area contributed by atoms with E-state index in [1.54, 1.807) is 4.31 Å². The van der Waals surface area contributed by atoms with E-state index >= 15 is 0 Å². The summed E-state index contributed by atoms with van der Waals surface area (Å²) >= 11 is 0. The lowest BCUT2D eigenvalue weighted by Crippen LogP contribution is -2.32. The SMILES string of the molecule is CCCCN(CC)S(=O)(=O)Cc1cccc(CNCC)c1. The van der Waals surface area contributed by atoms with Crippen molar-refractivity contribution < 1.29 is 8.42 Å². The zero-order chi connectivity index (χ0) is 15.7. The van der Waals surface area contributed by atoms with Gasteiger partial charge in [0.25, 0.3) is 0 Å². The van der Waals surface area contributed by atoms with Crippen molar-refractivity contribution in [3.8, 4) is 0 Å². The fourth-order valence-electron chi connectivity index (χ4n) is 2.23. The summed E-state index contributed by atoms with van der Waals surface area (Å²) in [5.74, 6) is 0.0878. The number of benzene rings is 1. The first-order valence-corrected chi connectivity index (χ1v) is 9.40. The number of sulfonamides is 1. The molecular formula is C16H28N2O2S. The quantitative estimate of drug-likeness (QED) is 0.723. The topological polar surface area (TPSA) is 49.4 Å². The van der Waals surface area contributed by atoms with Gasteiger partial charge in [-0.1, -0.05) is 51.5 Å². The highest BCUT2D eigenvalue weighted by molar-refractivity contribution is 7.88. The van der Waals surface area contributed by atoms with Crippen LogP contribution in [0, 0.1) is 0 Å². The zero-order valence-electron chi connectivity index (χ0n) is 13.4. The molecule has 0 aliphatic heterocycles. The maximum Gasteiger partial charge on any atom is 0.218 e. The summed E-state index contributed by atoms with van der Waals surface area (Å²) in [6.45, 7) is 8.87. The highest BCUT2D eigenvalue weighted by atomic mass is 32.2. The molecular weight excluding hydrogens is 284 g/mol. The van der Waals surface area contributed by atoms with Crippen LogP contribution in [0.25, 0.3) is 0 Å². The molecule has 0 aliphatic rings. The van der Waals surface area contributed by atoms with Crippen LogP contribution in [0.3, 0.4) is 0 Å².